The highest BCUT2D eigenvalue weighted by Gasteiger charge is 2.12. The third kappa shape index (κ3) is 5.57. The van der Waals surface area contributed by atoms with Crippen molar-refractivity contribution in [1.29, 1.82) is 0 Å². The van der Waals surface area contributed by atoms with E-state index < -0.39 is 0 Å². The number of pyridine rings is 1. The van der Waals surface area contributed by atoms with Crippen molar-refractivity contribution in [2.75, 3.05) is 19.5 Å². The standard InChI is InChI=1S/C24H21N3O4S2/c1-29-21-13-18-19(14-22(21)30-2)25-10-9-20(18)31-16-7-5-15(6-8-16)26-24(32)27-23(28)12-17-4-3-11-33-17/h3-11,13-14H,12H2,1-2H3,(H2,26,27,28,32). The molecule has 0 fully saturated rings. The number of amides is 1. The summed E-state index contributed by atoms with van der Waals surface area (Å²) in [5.74, 6) is 2.31. The number of ether oxygens (including phenoxy) is 3. The zero-order chi connectivity index (χ0) is 23.2. The van der Waals surface area contributed by atoms with E-state index in [1.807, 2.05) is 53.9 Å². The van der Waals surface area contributed by atoms with Gasteiger partial charge in [-0.25, -0.2) is 0 Å². The van der Waals surface area contributed by atoms with E-state index in [0.29, 0.717) is 29.4 Å². The highest BCUT2D eigenvalue weighted by molar-refractivity contribution is 7.80. The van der Waals surface area contributed by atoms with E-state index in [1.54, 1.807) is 26.5 Å². The summed E-state index contributed by atoms with van der Waals surface area (Å²) in [6.45, 7) is 0. The molecule has 2 aromatic carbocycles. The zero-order valence-electron chi connectivity index (χ0n) is 18.0. The van der Waals surface area contributed by atoms with Crippen LogP contribution in [0.3, 0.4) is 0 Å². The summed E-state index contributed by atoms with van der Waals surface area (Å²) in [5.41, 5.74) is 1.46. The van der Waals surface area contributed by atoms with Crippen LogP contribution in [0, 0.1) is 0 Å². The van der Waals surface area contributed by atoms with Gasteiger partial charge >= 0.3 is 0 Å². The summed E-state index contributed by atoms with van der Waals surface area (Å²) in [7, 11) is 3.17. The van der Waals surface area contributed by atoms with Crippen LogP contribution in [-0.2, 0) is 11.2 Å². The molecule has 4 rings (SSSR count). The van der Waals surface area contributed by atoms with Gasteiger partial charge in [0.1, 0.15) is 11.5 Å². The Hall–Kier alpha value is -3.69. The van der Waals surface area contributed by atoms with Crippen LogP contribution in [0.15, 0.2) is 66.2 Å². The van der Waals surface area contributed by atoms with Crippen LogP contribution in [0.1, 0.15) is 4.88 Å². The topological polar surface area (TPSA) is 81.7 Å². The van der Waals surface area contributed by atoms with Crippen LogP contribution in [0.25, 0.3) is 10.9 Å². The SMILES string of the molecule is COc1cc2nccc(Oc3ccc(NC(=S)NC(=O)Cc4cccs4)cc3)c2cc1OC. The second-order valence-electron chi connectivity index (χ2n) is 6.92. The van der Waals surface area contributed by atoms with Crippen LogP contribution >= 0.6 is 23.6 Å². The number of thiocarbonyl (C=S) groups is 1. The van der Waals surface area contributed by atoms with Crippen LogP contribution < -0.4 is 24.8 Å². The second-order valence-corrected chi connectivity index (χ2v) is 8.36. The maximum absolute atomic E-state index is 12.1. The van der Waals surface area contributed by atoms with Gasteiger partial charge in [-0.2, -0.15) is 0 Å². The molecule has 0 aliphatic heterocycles. The number of methoxy groups -OCH3 is 2. The van der Waals surface area contributed by atoms with Gasteiger partial charge in [-0.15, -0.1) is 11.3 Å². The van der Waals surface area contributed by atoms with Crippen molar-refractivity contribution in [1.82, 2.24) is 10.3 Å². The molecule has 0 aliphatic rings. The van der Waals surface area contributed by atoms with Crippen LogP contribution in [0.5, 0.6) is 23.0 Å². The highest BCUT2D eigenvalue weighted by atomic mass is 32.1. The van der Waals surface area contributed by atoms with Gasteiger partial charge in [0.05, 0.1) is 26.2 Å². The monoisotopic (exact) mass is 479 g/mol. The molecular formula is C24H21N3O4S2. The number of hydrogen-bond donors (Lipinski definition) is 2. The molecule has 168 valence electrons. The predicted octanol–water partition coefficient (Wildman–Crippen LogP) is 5.16. The van der Waals surface area contributed by atoms with E-state index in [1.165, 1.54) is 11.3 Å². The zero-order valence-corrected chi connectivity index (χ0v) is 19.6. The fourth-order valence-electron chi connectivity index (χ4n) is 3.17. The van der Waals surface area contributed by atoms with Gasteiger partial charge in [-0.05, 0) is 60.1 Å². The molecule has 7 nitrogen and oxygen atoms in total. The maximum atomic E-state index is 12.1. The van der Waals surface area contributed by atoms with Crippen molar-refractivity contribution in [2.45, 2.75) is 6.42 Å². The largest absolute Gasteiger partial charge is 0.493 e. The summed E-state index contributed by atoms with van der Waals surface area (Å²) in [6.07, 6.45) is 1.97. The average Bonchev–Trinajstić information content (AvgIpc) is 3.32. The fourth-order valence-corrected chi connectivity index (χ4v) is 4.11. The number of thiophene rings is 1. The quantitative estimate of drug-likeness (QED) is 0.354. The molecule has 0 radical (unpaired) electrons. The Labute approximate surface area is 200 Å². The van der Waals surface area contributed by atoms with Crippen molar-refractivity contribution in [3.05, 3.63) is 71.1 Å². The van der Waals surface area contributed by atoms with Crippen molar-refractivity contribution in [3.63, 3.8) is 0 Å². The number of nitrogens with zero attached hydrogens (tertiary/aromatic N) is 1. The molecule has 0 unspecified atom stereocenters. The number of rotatable bonds is 7. The molecule has 0 atom stereocenters. The first kappa shape index (κ1) is 22.5. The molecule has 33 heavy (non-hydrogen) atoms. The van der Waals surface area contributed by atoms with Crippen LogP contribution in [0.2, 0.25) is 0 Å². The highest BCUT2D eigenvalue weighted by Crippen LogP contribution is 2.36. The van der Waals surface area contributed by atoms with E-state index in [-0.39, 0.29) is 11.0 Å². The lowest BCUT2D eigenvalue weighted by molar-refractivity contribution is -0.118. The molecule has 2 heterocycles. The van der Waals surface area contributed by atoms with Crippen molar-refractivity contribution in [2.24, 2.45) is 0 Å². The summed E-state index contributed by atoms with van der Waals surface area (Å²) in [5, 5.41) is 8.67. The smallest absolute Gasteiger partial charge is 0.231 e. The molecular weight excluding hydrogens is 458 g/mol. The minimum Gasteiger partial charge on any atom is -0.493 e. The van der Waals surface area contributed by atoms with Crippen molar-refractivity contribution >= 4 is 51.2 Å². The number of anilines is 1. The average molecular weight is 480 g/mol. The number of benzene rings is 2. The molecule has 1 amide bonds. The van der Waals surface area contributed by atoms with Gasteiger partial charge < -0.3 is 24.8 Å². The number of carbonyl (C=O) groups excluding carboxylic acids is 1. The summed E-state index contributed by atoms with van der Waals surface area (Å²) < 4.78 is 16.8. The normalized spacial score (nSPS) is 10.5. The first-order valence-electron chi connectivity index (χ1n) is 9.97. The van der Waals surface area contributed by atoms with E-state index >= 15 is 0 Å². The minimum absolute atomic E-state index is 0.161. The lowest BCUT2D eigenvalue weighted by atomic mass is 10.2. The number of aromatic nitrogens is 1. The number of hydrogen-bond acceptors (Lipinski definition) is 7. The van der Waals surface area contributed by atoms with Crippen LogP contribution in [-0.4, -0.2) is 30.2 Å². The van der Waals surface area contributed by atoms with Crippen LogP contribution in [0.4, 0.5) is 5.69 Å². The van der Waals surface area contributed by atoms with E-state index in [0.717, 1.165) is 21.5 Å². The lowest BCUT2D eigenvalue weighted by Crippen LogP contribution is -2.34. The second kappa shape index (κ2) is 10.3. The predicted molar refractivity (Wildman–Crippen MR) is 134 cm³/mol. The molecule has 0 saturated carbocycles. The van der Waals surface area contributed by atoms with Gasteiger partial charge in [-0.3, -0.25) is 9.78 Å². The number of carbonyl (C=O) groups is 1. The molecule has 4 aromatic rings. The lowest BCUT2D eigenvalue weighted by Gasteiger charge is -2.13. The summed E-state index contributed by atoms with van der Waals surface area (Å²) in [6, 6.07) is 16.5. The first-order chi connectivity index (χ1) is 16.1. The molecule has 0 spiro atoms. The Morgan fingerprint density at radius 3 is 2.48 bits per heavy atom. The van der Waals surface area contributed by atoms with Gasteiger partial charge in [0, 0.05) is 28.2 Å². The Kier molecular flexibility index (Phi) is 7.01. The third-order valence-electron chi connectivity index (χ3n) is 4.71. The molecule has 0 saturated heterocycles. The Morgan fingerprint density at radius 2 is 1.79 bits per heavy atom. The molecule has 9 heteroatoms. The summed E-state index contributed by atoms with van der Waals surface area (Å²) >= 11 is 6.78. The van der Waals surface area contributed by atoms with Gasteiger partial charge in [0.2, 0.25) is 5.91 Å². The van der Waals surface area contributed by atoms with Gasteiger partial charge in [0.25, 0.3) is 0 Å². The maximum Gasteiger partial charge on any atom is 0.231 e. The Bertz CT molecular complexity index is 1280. The molecule has 0 bridgehead atoms. The van der Waals surface area contributed by atoms with Gasteiger partial charge in [-0.1, -0.05) is 6.07 Å². The van der Waals surface area contributed by atoms with Crippen molar-refractivity contribution in [3.8, 4) is 23.0 Å². The molecule has 0 aliphatic carbocycles. The summed E-state index contributed by atoms with van der Waals surface area (Å²) in [4.78, 5) is 17.5. The van der Waals surface area contributed by atoms with E-state index in [2.05, 4.69) is 15.6 Å². The number of fused-ring (bicyclic) bond motifs is 1. The van der Waals surface area contributed by atoms with E-state index in [9.17, 15) is 4.79 Å². The Morgan fingerprint density at radius 1 is 1.03 bits per heavy atom. The van der Waals surface area contributed by atoms with E-state index in [4.69, 9.17) is 26.4 Å². The first-order valence-corrected chi connectivity index (χ1v) is 11.3. The van der Waals surface area contributed by atoms with Crippen molar-refractivity contribution < 1.29 is 19.0 Å². The van der Waals surface area contributed by atoms with Gasteiger partial charge in [0.15, 0.2) is 16.6 Å². The Balaban J connectivity index is 1.42. The number of nitrogens with one attached hydrogen (secondary N) is 2. The third-order valence-corrected chi connectivity index (χ3v) is 5.80. The molecule has 2 aromatic heterocycles. The fraction of sp³-hybridized carbons (Fsp3) is 0.125. The molecule has 2 N–H and O–H groups in total. The minimum atomic E-state index is -0.161.